The molecule has 2 rings (SSSR count). The van der Waals surface area contributed by atoms with Crippen LogP contribution in [0.1, 0.15) is 13.2 Å². The third-order valence-corrected chi connectivity index (χ3v) is 2.25. The van der Waals surface area contributed by atoms with E-state index in [4.69, 9.17) is 0 Å². The van der Waals surface area contributed by atoms with Crippen LogP contribution in [-0.2, 0) is 0 Å². The maximum Gasteiger partial charge on any atom is 0.269 e. The van der Waals surface area contributed by atoms with Crippen LogP contribution in [0.5, 0.6) is 0 Å². The van der Waals surface area contributed by atoms with E-state index in [-0.39, 0.29) is 5.56 Å². The van der Waals surface area contributed by atoms with Crippen LogP contribution >= 0.6 is 0 Å². The Labute approximate surface area is 92.8 Å². The zero-order valence-electron chi connectivity index (χ0n) is 8.87. The van der Waals surface area contributed by atoms with Crippen molar-refractivity contribution in [2.45, 2.75) is 13.2 Å². The van der Waals surface area contributed by atoms with Crippen LogP contribution in [-0.4, -0.2) is 14.9 Å². The molecule has 1 N–H and O–H groups in total. The van der Waals surface area contributed by atoms with Gasteiger partial charge in [0.25, 0.3) is 5.56 Å². The number of benzene rings is 1. The fraction of sp³-hybridized carbons (Fsp3) is 0.167. The third kappa shape index (κ3) is 2.01. The van der Waals surface area contributed by atoms with E-state index in [0.29, 0.717) is 5.69 Å². The molecule has 4 heteroatoms. The van der Waals surface area contributed by atoms with Crippen LogP contribution in [0.4, 0.5) is 0 Å². The van der Waals surface area contributed by atoms with Crippen LogP contribution in [0.15, 0.2) is 47.3 Å². The zero-order chi connectivity index (χ0) is 11.5. The number of hydrogen-bond donors (Lipinski definition) is 1. The SMILES string of the molecule is CC(O)n1nc(-c2ccccc2)ccc1=O. The molecule has 1 atom stereocenters. The second-order valence-electron chi connectivity index (χ2n) is 3.50. The molecule has 4 nitrogen and oxygen atoms in total. The lowest BCUT2D eigenvalue weighted by atomic mass is 10.1. The smallest absolute Gasteiger partial charge is 0.269 e. The molecular formula is C12H12N2O2. The van der Waals surface area contributed by atoms with Gasteiger partial charge in [0, 0.05) is 11.6 Å². The molecule has 1 unspecified atom stereocenters. The number of aliphatic hydroxyl groups excluding tert-OH is 1. The summed E-state index contributed by atoms with van der Waals surface area (Å²) in [7, 11) is 0. The Kier molecular flexibility index (Phi) is 2.83. The molecule has 2 aromatic rings. The minimum atomic E-state index is -0.920. The first-order chi connectivity index (χ1) is 7.68. The van der Waals surface area contributed by atoms with Crippen molar-refractivity contribution < 1.29 is 5.11 Å². The van der Waals surface area contributed by atoms with Crippen molar-refractivity contribution >= 4 is 0 Å². The van der Waals surface area contributed by atoms with Gasteiger partial charge in [-0.05, 0) is 13.0 Å². The summed E-state index contributed by atoms with van der Waals surface area (Å²) in [6, 6.07) is 12.6. The van der Waals surface area contributed by atoms with Gasteiger partial charge in [-0.25, -0.2) is 4.68 Å². The first kappa shape index (κ1) is 10.6. The lowest BCUT2D eigenvalue weighted by Gasteiger charge is -2.08. The highest BCUT2D eigenvalue weighted by molar-refractivity contribution is 5.57. The Morgan fingerprint density at radius 3 is 2.50 bits per heavy atom. The Hall–Kier alpha value is -1.94. The van der Waals surface area contributed by atoms with Crippen LogP contribution in [0, 0.1) is 0 Å². The van der Waals surface area contributed by atoms with Gasteiger partial charge in [0.05, 0.1) is 5.69 Å². The van der Waals surface area contributed by atoms with Gasteiger partial charge in [-0.15, -0.1) is 0 Å². The van der Waals surface area contributed by atoms with E-state index in [1.54, 1.807) is 6.07 Å². The van der Waals surface area contributed by atoms with Gasteiger partial charge in [-0.2, -0.15) is 5.10 Å². The molecule has 0 saturated heterocycles. The molecule has 0 fully saturated rings. The number of aromatic nitrogens is 2. The normalized spacial score (nSPS) is 12.4. The molecule has 0 aliphatic carbocycles. The lowest BCUT2D eigenvalue weighted by Crippen LogP contribution is -2.25. The second-order valence-corrected chi connectivity index (χ2v) is 3.50. The number of rotatable bonds is 2. The molecule has 0 radical (unpaired) electrons. The van der Waals surface area contributed by atoms with E-state index in [9.17, 15) is 9.90 Å². The fourth-order valence-corrected chi connectivity index (χ4v) is 1.46. The largest absolute Gasteiger partial charge is 0.372 e. The van der Waals surface area contributed by atoms with Crippen molar-refractivity contribution in [3.8, 4) is 11.3 Å². The van der Waals surface area contributed by atoms with E-state index in [0.717, 1.165) is 10.2 Å². The molecular weight excluding hydrogens is 204 g/mol. The summed E-state index contributed by atoms with van der Waals surface area (Å²) < 4.78 is 1.06. The fourth-order valence-electron chi connectivity index (χ4n) is 1.46. The Morgan fingerprint density at radius 1 is 1.19 bits per heavy atom. The average Bonchev–Trinajstić information content (AvgIpc) is 2.30. The van der Waals surface area contributed by atoms with E-state index < -0.39 is 6.23 Å². The summed E-state index contributed by atoms with van der Waals surface area (Å²) in [5.74, 6) is 0. The van der Waals surface area contributed by atoms with Gasteiger partial charge >= 0.3 is 0 Å². The van der Waals surface area contributed by atoms with Crippen LogP contribution < -0.4 is 5.56 Å². The number of hydrogen-bond acceptors (Lipinski definition) is 3. The quantitative estimate of drug-likeness (QED) is 0.826. The van der Waals surface area contributed by atoms with E-state index >= 15 is 0 Å². The highest BCUT2D eigenvalue weighted by atomic mass is 16.3. The lowest BCUT2D eigenvalue weighted by molar-refractivity contribution is 0.105. The van der Waals surface area contributed by atoms with E-state index in [2.05, 4.69) is 5.10 Å². The molecule has 16 heavy (non-hydrogen) atoms. The summed E-state index contributed by atoms with van der Waals surface area (Å²) >= 11 is 0. The summed E-state index contributed by atoms with van der Waals surface area (Å²) in [6.45, 7) is 1.50. The van der Waals surface area contributed by atoms with Crippen LogP contribution in [0.3, 0.4) is 0 Å². The maximum absolute atomic E-state index is 11.4. The Morgan fingerprint density at radius 2 is 1.88 bits per heavy atom. The van der Waals surface area contributed by atoms with Crippen molar-refractivity contribution in [2.75, 3.05) is 0 Å². The monoisotopic (exact) mass is 216 g/mol. The topological polar surface area (TPSA) is 55.1 Å². The van der Waals surface area contributed by atoms with E-state index in [1.165, 1.54) is 13.0 Å². The molecule has 1 aromatic carbocycles. The van der Waals surface area contributed by atoms with Gasteiger partial charge in [0.15, 0.2) is 0 Å². The van der Waals surface area contributed by atoms with Gasteiger partial charge in [-0.3, -0.25) is 4.79 Å². The van der Waals surface area contributed by atoms with Crippen molar-refractivity contribution in [3.05, 3.63) is 52.8 Å². The Balaban J connectivity index is 2.52. The molecule has 1 heterocycles. The molecule has 0 aliphatic rings. The third-order valence-electron chi connectivity index (χ3n) is 2.25. The van der Waals surface area contributed by atoms with Gasteiger partial charge in [0.2, 0.25) is 0 Å². The standard InChI is InChI=1S/C12H12N2O2/c1-9(15)14-12(16)8-7-11(13-14)10-5-3-2-4-6-10/h2-9,15H,1H3. The first-order valence-electron chi connectivity index (χ1n) is 5.02. The van der Waals surface area contributed by atoms with Crippen LogP contribution in [0.2, 0.25) is 0 Å². The van der Waals surface area contributed by atoms with Gasteiger partial charge in [-0.1, -0.05) is 30.3 Å². The minimum Gasteiger partial charge on any atom is -0.372 e. The molecule has 0 aliphatic heterocycles. The van der Waals surface area contributed by atoms with Gasteiger partial charge < -0.3 is 5.11 Å². The minimum absolute atomic E-state index is 0.310. The first-order valence-corrected chi connectivity index (χ1v) is 5.02. The van der Waals surface area contributed by atoms with Crippen molar-refractivity contribution in [1.29, 1.82) is 0 Å². The molecule has 1 aromatic heterocycles. The summed E-state index contributed by atoms with van der Waals surface area (Å²) in [5.41, 5.74) is 1.27. The molecule has 82 valence electrons. The van der Waals surface area contributed by atoms with Crippen LogP contribution in [0.25, 0.3) is 11.3 Å². The van der Waals surface area contributed by atoms with Crippen molar-refractivity contribution in [1.82, 2.24) is 9.78 Å². The second kappa shape index (κ2) is 4.28. The number of aliphatic hydroxyl groups is 1. The van der Waals surface area contributed by atoms with E-state index in [1.807, 2.05) is 30.3 Å². The van der Waals surface area contributed by atoms with Crippen molar-refractivity contribution in [2.24, 2.45) is 0 Å². The highest BCUT2D eigenvalue weighted by Gasteiger charge is 2.06. The predicted molar refractivity (Wildman–Crippen MR) is 60.9 cm³/mol. The maximum atomic E-state index is 11.4. The summed E-state index contributed by atoms with van der Waals surface area (Å²) in [5, 5.41) is 13.5. The molecule has 0 spiro atoms. The molecule has 0 bridgehead atoms. The van der Waals surface area contributed by atoms with Gasteiger partial charge in [0.1, 0.15) is 6.23 Å². The summed E-state index contributed by atoms with van der Waals surface area (Å²) in [6.07, 6.45) is -0.920. The highest BCUT2D eigenvalue weighted by Crippen LogP contribution is 2.14. The summed E-state index contributed by atoms with van der Waals surface area (Å²) in [4.78, 5) is 11.4. The Bertz CT molecular complexity index is 532. The average molecular weight is 216 g/mol. The molecule has 0 saturated carbocycles. The predicted octanol–water partition coefficient (Wildman–Crippen LogP) is 1.42. The van der Waals surface area contributed by atoms with Crippen molar-refractivity contribution in [3.63, 3.8) is 0 Å². The number of nitrogens with zero attached hydrogens (tertiary/aromatic N) is 2. The molecule has 0 amide bonds. The zero-order valence-corrected chi connectivity index (χ0v) is 8.87.